The normalized spacial score (nSPS) is 12.0. The Morgan fingerprint density at radius 2 is 1.76 bits per heavy atom. The van der Waals surface area contributed by atoms with Crippen LogP contribution in [0.1, 0.15) is 18.7 Å². The molecule has 1 aromatic carbocycles. The Morgan fingerprint density at radius 1 is 1.04 bits per heavy atom. The van der Waals surface area contributed by atoms with E-state index in [-0.39, 0.29) is 4.90 Å². The summed E-state index contributed by atoms with van der Waals surface area (Å²) in [6.45, 7) is 7.49. The molecule has 0 atom stereocenters. The first kappa shape index (κ1) is 19.9. The third kappa shape index (κ3) is 5.04. The predicted octanol–water partition coefficient (Wildman–Crippen LogP) is 3.29. The molecule has 0 aliphatic carbocycles. The van der Waals surface area contributed by atoms with E-state index in [0.29, 0.717) is 25.4 Å². The van der Waals surface area contributed by atoms with Gasteiger partial charge >= 0.3 is 0 Å². The average Bonchev–Trinajstić information content (AvgIpc) is 3.14. The van der Waals surface area contributed by atoms with Crippen molar-refractivity contribution in [2.75, 3.05) is 33.3 Å². The maximum Gasteiger partial charge on any atom is 0.247 e. The van der Waals surface area contributed by atoms with E-state index in [1.165, 1.54) is 7.11 Å². The van der Waals surface area contributed by atoms with Gasteiger partial charge in [-0.1, -0.05) is 32.0 Å². The molecule has 0 bridgehead atoms. The van der Waals surface area contributed by atoms with E-state index in [1.807, 2.05) is 17.5 Å². The van der Waals surface area contributed by atoms with E-state index in [0.717, 1.165) is 18.0 Å². The molecule has 0 spiro atoms. The molecule has 7 heteroatoms. The van der Waals surface area contributed by atoms with Gasteiger partial charge < -0.3 is 9.64 Å². The van der Waals surface area contributed by atoms with E-state index in [2.05, 4.69) is 18.7 Å². The van der Waals surface area contributed by atoms with Crippen LogP contribution in [0.4, 0.5) is 0 Å². The number of sulfonamides is 1. The third-order valence-corrected chi connectivity index (χ3v) is 6.90. The van der Waals surface area contributed by atoms with Gasteiger partial charge in [-0.2, -0.15) is 4.31 Å². The molecule has 0 saturated heterocycles. The van der Waals surface area contributed by atoms with Crippen molar-refractivity contribution in [3.8, 4) is 5.75 Å². The molecule has 0 aliphatic heterocycles. The number of hydrogen-bond donors (Lipinski definition) is 0. The van der Waals surface area contributed by atoms with Crippen molar-refractivity contribution in [3.05, 3.63) is 46.7 Å². The molecule has 0 N–H and O–H groups in total. The van der Waals surface area contributed by atoms with Gasteiger partial charge in [0.2, 0.25) is 10.0 Å². The number of methoxy groups -OCH3 is 1. The van der Waals surface area contributed by atoms with Crippen LogP contribution in [0.5, 0.6) is 5.75 Å². The molecule has 0 amide bonds. The minimum Gasteiger partial charge on any atom is -0.495 e. The van der Waals surface area contributed by atoms with E-state index in [9.17, 15) is 8.42 Å². The molecule has 0 saturated carbocycles. The molecule has 25 heavy (non-hydrogen) atoms. The van der Waals surface area contributed by atoms with Crippen LogP contribution in [0.25, 0.3) is 0 Å². The monoisotopic (exact) mass is 382 g/mol. The summed E-state index contributed by atoms with van der Waals surface area (Å²) >= 11 is 1.57. The summed E-state index contributed by atoms with van der Waals surface area (Å²) in [6.07, 6.45) is 0. The Balaban J connectivity index is 2.31. The number of rotatable bonds is 10. The van der Waals surface area contributed by atoms with E-state index in [1.54, 1.807) is 39.9 Å². The molecule has 0 unspecified atom stereocenters. The quantitative estimate of drug-likeness (QED) is 0.633. The lowest BCUT2D eigenvalue weighted by molar-refractivity contribution is 0.269. The summed E-state index contributed by atoms with van der Waals surface area (Å²) < 4.78 is 33.3. The van der Waals surface area contributed by atoms with Gasteiger partial charge in [0.05, 0.1) is 7.11 Å². The number of benzene rings is 1. The van der Waals surface area contributed by atoms with Gasteiger partial charge in [0.15, 0.2) is 0 Å². The van der Waals surface area contributed by atoms with Gasteiger partial charge in [-0.3, -0.25) is 0 Å². The highest BCUT2D eigenvalue weighted by Crippen LogP contribution is 2.27. The Labute approximate surface area is 154 Å². The molecule has 2 rings (SSSR count). The summed E-state index contributed by atoms with van der Waals surface area (Å²) in [6, 6.07) is 10.7. The second-order valence-corrected chi connectivity index (χ2v) is 8.53. The highest BCUT2D eigenvalue weighted by molar-refractivity contribution is 7.89. The average molecular weight is 383 g/mol. The summed E-state index contributed by atoms with van der Waals surface area (Å²) in [4.78, 5) is 3.46. The van der Waals surface area contributed by atoms with Crippen molar-refractivity contribution >= 4 is 21.4 Å². The Morgan fingerprint density at radius 3 is 2.36 bits per heavy atom. The Hall–Kier alpha value is -1.41. The van der Waals surface area contributed by atoms with Crippen LogP contribution >= 0.6 is 11.3 Å². The molecule has 0 aliphatic rings. The van der Waals surface area contributed by atoms with Crippen molar-refractivity contribution in [3.63, 3.8) is 0 Å². The van der Waals surface area contributed by atoms with E-state index < -0.39 is 10.0 Å². The maximum absolute atomic E-state index is 13.3. The molecule has 2 aromatic rings. The zero-order valence-electron chi connectivity index (χ0n) is 15.0. The van der Waals surface area contributed by atoms with Crippen LogP contribution < -0.4 is 4.74 Å². The van der Waals surface area contributed by atoms with Gasteiger partial charge in [0, 0.05) is 24.5 Å². The number of nitrogens with zero attached hydrogens (tertiary/aromatic N) is 2. The highest BCUT2D eigenvalue weighted by atomic mass is 32.2. The summed E-state index contributed by atoms with van der Waals surface area (Å²) in [5, 5.41) is 1.97. The van der Waals surface area contributed by atoms with Gasteiger partial charge in [-0.15, -0.1) is 11.3 Å². The molecular weight excluding hydrogens is 356 g/mol. The van der Waals surface area contributed by atoms with Crippen LogP contribution in [0.2, 0.25) is 0 Å². The van der Waals surface area contributed by atoms with E-state index in [4.69, 9.17) is 4.74 Å². The number of para-hydroxylation sites is 1. The second kappa shape index (κ2) is 9.33. The molecule has 1 aromatic heterocycles. The Bertz CT molecular complexity index is 741. The smallest absolute Gasteiger partial charge is 0.247 e. The predicted molar refractivity (Wildman–Crippen MR) is 103 cm³/mol. The van der Waals surface area contributed by atoms with Gasteiger partial charge in [-0.05, 0) is 36.7 Å². The minimum absolute atomic E-state index is 0.216. The standard InChI is InChI=1S/C18H26N2O3S2/c1-4-19(5-2)12-13-20(15-16-9-8-14-24-16)25(21,22)18-11-7-6-10-17(18)23-3/h6-11,14H,4-5,12-13,15H2,1-3H3. The van der Waals surface area contributed by atoms with Crippen molar-refractivity contribution in [1.29, 1.82) is 0 Å². The Kier molecular flexibility index (Phi) is 7.43. The highest BCUT2D eigenvalue weighted by Gasteiger charge is 2.28. The molecule has 1 heterocycles. The van der Waals surface area contributed by atoms with Crippen LogP contribution in [0.3, 0.4) is 0 Å². The van der Waals surface area contributed by atoms with Crippen molar-refractivity contribution in [2.24, 2.45) is 0 Å². The van der Waals surface area contributed by atoms with Gasteiger partial charge in [0.1, 0.15) is 10.6 Å². The largest absolute Gasteiger partial charge is 0.495 e. The SMILES string of the molecule is CCN(CC)CCN(Cc1cccs1)S(=O)(=O)c1ccccc1OC. The van der Waals surface area contributed by atoms with Crippen molar-refractivity contribution in [1.82, 2.24) is 9.21 Å². The minimum atomic E-state index is -3.64. The number of hydrogen-bond acceptors (Lipinski definition) is 5. The zero-order valence-corrected chi connectivity index (χ0v) is 16.6. The maximum atomic E-state index is 13.3. The van der Waals surface area contributed by atoms with Crippen LogP contribution in [0.15, 0.2) is 46.7 Å². The molecule has 0 radical (unpaired) electrons. The van der Waals surface area contributed by atoms with Crippen molar-refractivity contribution in [2.45, 2.75) is 25.3 Å². The summed E-state index contributed by atoms with van der Waals surface area (Å²) in [5.41, 5.74) is 0. The molecular formula is C18H26N2O3S2. The summed E-state index contributed by atoms with van der Waals surface area (Å²) in [5.74, 6) is 0.376. The molecule has 0 fully saturated rings. The molecule has 5 nitrogen and oxygen atoms in total. The van der Waals surface area contributed by atoms with Crippen molar-refractivity contribution < 1.29 is 13.2 Å². The van der Waals surface area contributed by atoms with Gasteiger partial charge in [-0.25, -0.2) is 8.42 Å². The number of thiophene rings is 1. The number of ether oxygens (including phenoxy) is 1. The lowest BCUT2D eigenvalue weighted by Crippen LogP contribution is -2.38. The number of likely N-dealkylation sites (N-methyl/N-ethyl adjacent to an activating group) is 1. The fourth-order valence-corrected chi connectivity index (χ4v) is 4.99. The lowest BCUT2D eigenvalue weighted by Gasteiger charge is -2.26. The zero-order chi connectivity index (χ0) is 18.3. The van der Waals surface area contributed by atoms with Crippen LogP contribution in [-0.2, 0) is 16.6 Å². The lowest BCUT2D eigenvalue weighted by atomic mass is 10.3. The first-order valence-electron chi connectivity index (χ1n) is 8.40. The van der Waals surface area contributed by atoms with Gasteiger partial charge in [0.25, 0.3) is 0 Å². The fraction of sp³-hybridized carbons (Fsp3) is 0.444. The molecule has 138 valence electrons. The summed E-state index contributed by atoms with van der Waals surface area (Å²) in [7, 11) is -2.15. The first-order valence-corrected chi connectivity index (χ1v) is 10.7. The van der Waals surface area contributed by atoms with E-state index >= 15 is 0 Å². The third-order valence-electron chi connectivity index (χ3n) is 4.16. The topological polar surface area (TPSA) is 49.9 Å². The fourth-order valence-electron chi connectivity index (χ4n) is 2.62. The van der Waals surface area contributed by atoms with Crippen LogP contribution in [0, 0.1) is 0 Å². The first-order chi connectivity index (χ1) is 12.0. The second-order valence-electron chi connectivity index (χ2n) is 5.60. The van der Waals surface area contributed by atoms with Crippen LogP contribution in [-0.4, -0.2) is 50.9 Å².